The summed E-state index contributed by atoms with van der Waals surface area (Å²) < 4.78 is 11.9. The van der Waals surface area contributed by atoms with Gasteiger partial charge in [-0.05, 0) is 5.56 Å². The molecule has 5 N–H and O–H groups in total. The van der Waals surface area contributed by atoms with Crippen molar-refractivity contribution in [2.24, 2.45) is 21.7 Å². The second-order valence-corrected chi connectivity index (χ2v) is 3.66. The van der Waals surface area contributed by atoms with E-state index in [1.54, 1.807) is 24.3 Å². The minimum absolute atomic E-state index is 0.0353. The lowest BCUT2D eigenvalue weighted by atomic mass is 10.1. The molecule has 0 heterocycles. The number of rotatable bonds is 6. The molecule has 0 bridgehead atoms. The second-order valence-electron chi connectivity index (χ2n) is 3.66. The van der Waals surface area contributed by atoms with Gasteiger partial charge in [0.15, 0.2) is 5.84 Å². The van der Waals surface area contributed by atoms with Crippen LogP contribution >= 0.6 is 0 Å². The monoisotopic (exact) mass is 265 g/mol. The Hall–Kier alpha value is -2.44. The summed E-state index contributed by atoms with van der Waals surface area (Å²) in [6.45, 7) is -0.535. The number of nitrogens with zero attached hydrogens (tertiary/aromatic N) is 2. The molecule has 0 aliphatic carbocycles. The van der Waals surface area contributed by atoms with E-state index in [-0.39, 0.29) is 24.7 Å². The Bertz CT molecular complexity index is 470. The molecule has 102 valence electrons. The van der Waals surface area contributed by atoms with E-state index in [9.17, 15) is 9.18 Å². The van der Waals surface area contributed by atoms with Crippen molar-refractivity contribution in [3.8, 4) is 0 Å². The Morgan fingerprint density at radius 2 is 2.05 bits per heavy atom. The van der Waals surface area contributed by atoms with Crippen LogP contribution in [0.4, 0.5) is 4.39 Å². The molecule has 1 aromatic rings. The summed E-state index contributed by atoms with van der Waals surface area (Å²) in [6.07, 6.45) is 1.23. The van der Waals surface area contributed by atoms with E-state index in [0.717, 1.165) is 11.9 Å². The van der Waals surface area contributed by atoms with Crippen LogP contribution in [0.2, 0.25) is 0 Å². The van der Waals surface area contributed by atoms with Crippen LogP contribution in [0.15, 0.2) is 34.5 Å². The molecule has 6 nitrogen and oxygen atoms in total. The Balaban J connectivity index is 2.63. The third-order valence-electron chi connectivity index (χ3n) is 2.26. The molecule has 0 saturated heterocycles. The normalized spacial score (nSPS) is 11.7. The zero-order valence-electron chi connectivity index (χ0n) is 10.3. The summed E-state index contributed by atoms with van der Waals surface area (Å²) >= 11 is 0. The van der Waals surface area contributed by atoms with Crippen LogP contribution in [0.1, 0.15) is 11.1 Å². The predicted molar refractivity (Wildman–Crippen MR) is 72.5 cm³/mol. The van der Waals surface area contributed by atoms with Crippen LogP contribution in [0, 0.1) is 0 Å². The number of amidine groups is 1. The molecular formula is C12H16FN5O. The van der Waals surface area contributed by atoms with Gasteiger partial charge in [0.05, 0.1) is 6.42 Å². The molecule has 0 aromatic heterocycles. The van der Waals surface area contributed by atoms with E-state index in [0.29, 0.717) is 5.56 Å². The van der Waals surface area contributed by atoms with Crippen molar-refractivity contribution in [3.63, 3.8) is 0 Å². The predicted octanol–water partition coefficient (Wildman–Crippen LogP) is -0.0779. The molecule has 0 aliphatic heterocycles. The fourth-order valence-corrected chi connectivity index (χ4v) is 1.38. The van der Waals surface area contributed by atoms with Crippen molar-refractivity contribution in [1.29, 1.82) is 0 Å². The van der Waals surface area contributed by atoms with E-state index >= 15 is 0 Å². The molecule has 0 radical (unpaired) electrons. The van der Waals surface area contributed by atoms with Crippen LogP contribution in [0.5, 0.6) is 0 Å². The van der Waals surface area contributed by atoms with Crippen molar-refractivity contribution in [1.82, 2.24) is 5.32 Å². The highest BCUT2D eigenvalue weighted by Gasteiger charge is 2.04. The van der Waals surface area contributed by atoms with Crippen LogP contribution in [-0.2, 0) is 11.2 Å². The first kappa shape index (κ1) is 14.6. The quantitative estimate of drug-likeness (QED) is 0.380. The molecule has 0 fully saturated rings. The van der Waals surface area contributed by atoms with Crippen molar-refractivity contribution >= 4 is 18.1 Å². The van der Waals surface area contributed by atoms with E-state index in [1.807, 2.05) is 0 Å². The SMILES string of the molecule is N/C=N\N=C(/N)c1ccc(CC(=O)NCCF)cc1. The van der Waals surface area contributed by atoms with Gasteiger partial charge >= 0.3 is 0 Å². The Labute approximate surface area is 110 Å². The van der Waals surface area contributed by atoms with Crippen LogP contribution in [0.3, 0.4) is 0 Å². The lowest BCUT2D eigenvalue weighted by Crippen LogP contribution is -2.27. The van der Waals surface area contributed by atoms with E-state index in [4.69, 9.17) is 11.5 Å². The van der Waals surface area contributed by atoms with Crippen molar-refractivity contribution in [2.75, 3.05) is 13.2 Å². The van der Waals surface area contributed by atoms with Crippen LogP contribution in [0.25, 0.3) is 0 Å². The molecule has 0 unspecified atom stereocenters. The summed E-state index contributed by atoms with van der Waals surface area (Å²) in [5, 5.41) is 9.58. The standard InChI is InChI=1S/C12H16FN5O/c13-5-6-16-11(19)7-9-1-3-10(4-2-9)12(15)18-17-8-14/h1-4,8H,5-7H2,(H2,14,17)(H2,15,18)(H,16,19). The summed E-state index contributed by atoms with van der Waals surface area (Å²) in [5.74, 6) is 0.00917. The molecule has 7 heteroatoms. The lowest BCUT2D eigenvalue weighted by Gasteiger charge is -2.04. The Morgan fingerprint density at radius 3 is 2.63 bits per heavy atom. The first-order valence-electron chi connectivity index (χ1n) is 5.66. The van der Waals surface area contributed by atoms with Crippen molar-refractivity contribution in [2.45, 2.75) is 6.42 Å². The van der Waals surface area contributed by atoms with Gasteiger partial charge in [-0.2, -0.15) is 0 Å². The highest BCUT2D eigenvalue weighted by Crippen LogP contribution is 2.05. The fourth-order valence-electron chi connectivity index (χ4n) is 1.38. The average molecular weight is 265 g/mol. The average Bonchev–Trinajstić information content (AvgIpc) is 2.43. The topological polar surface area (TPSA) is 106 Å². The number of carbonyl (C=O) groups excluding carboxylic acids is 1. The first-order chi connectivity index (χ1) is 9.17. The van der Waals surface area contributed by atoms with E-state index < -0.39 is 6.67 Å². The summed E-state index contributed by atoms with van der Waals surface area (Å²) in [6, 6.07) is 6.95. The van der Waals surface area contributed by atoms with Crippen molar-refractivity contribution < 1.29 is 9.18 Å². The highest BCUT2D eigenvalue weighted by molar-refractivity contribution is 5.97. The largest absolute Gasteiger partial charge is 0.388 e. The molecule has 0 aliphatic rings. The van der Waals surface area contributed by atoms with Crippen LogP contribution in [-0.4, -0.2) is 31.3 Å². The molecule has 1 amide bonds. The van der Waals surface area contributed by atoms with Gasteiger partial charge in [-0.15, -0.1) is 10.2 Å². The highest BCUT2D eigenvalue weighted by atomic mass is 19.1. The Kier molecular flexibility index (Phi) is 6.00. The first-order valence-corrected chi connectivity index (χ1v) is 5.66. The summed E-state index contributed by atoms with van der Waals surface area (Å²) in [5.41, 5.74) is 12.2. The minimum Gasteiger partial charge on any atom is -0.388 e. The number of halogens is 1. The van der Waals surface area contributed by atoms with E-state index in [1.165, 1.54) is 0 Å². The number of nitrogens with two attached hydrogens (primary N) is 2. The van der Waals surface area contributed by atoms with Gasteiger partial charge in [-0.3, -0.25) is 4.79 Å². The maximum absolute atomic E-state index is 11.9. The van der Waals surface area contributed by atoms with Gasteiger partial charge in [-0.1, -0.05) is 24.3 Å². The summed E-state index contributed by atoms with van der Waals surface area (Å²) in [7, 11) is 0. The second kappa shape index (κ2) is 7.80. The number of nitrogens with one attached hydrogen (secondary N) is 1. The molecule has 0 saturated carbocycles. The maximum atomic E-state index is 11.9. The van der Waals surface area contributed by atoms with Gasteiger partial charge in [-0.25, -0.2) is 4.39 Å². The molecule has 0 atom stereocenters. The number of benzene rings is 1. The molecular weight excluding hydrogens is 249 g/mol. The minimum atomic E-state index is -0.570. The zero-order chi connectivity index (χ0) is 14.1. The fraction of sp³-hybridized carbons (Fsp3) is 0.250. The number of hydrogen-bond acceptors (Lipinski definition) is 3. The molecule has 1 aromatic carbocycles. The molecule has 0 spiro atoms. The van der Waals surface area contributed by atoms with Gasteiger partial charge in [0.25, 0.3) is 0 Å². The van der Waals surface area contributed by atoms with Gasteiger partial charge in [0.2, 0.25) is 5.91 Å². The van der Waals surface area contributed by atoms with Gasteiger partial charge in [0.1, 0.15) is 13.0 Å². The molecule has 19 heavy (non-hydrogen) atoms. The number of hydrogen-bond donors (Lipinski definition) is 3. The lowest BCUT2D eigenvalue weighted by molar-refractivity contribution is -0.120. The zero-order valence-corrected chi connectivity index (χ0v) is 10.3. The van der Waals surface area contributed by atoms with Gasteiger partial charge < -0.3 is 16.8 Å². The van der Waals surface area contributed by atoms with Crippen molar-refractivity contribution in [3.05, 3.63) is 35.4 Å². The third-order valence-corrected chi connectivity index (χ3v) is 2.26. The van der Waals surface area contributed by atoms with Crippen LogP contribution < -0.4 is 16.8 Å². The maximum Gasteiger partial charge on any atom is 0.224 e. The summed E-state index contributed by atoms with van der Waals surface area (Å²) in [4.78, 5) is 11.4. The Morgan fingerprint density at radius 1 is 1.37 bits per heavy atom. The van der Waals surface area contributed by atoms with Gasteiger partial charge in [0, 0.05) is 12.1 Å². The number of amides is 1. The third kappa shape index (κ3) is 5.15. The number of carbonyl (C=O) groups is 1. The number of alkyl halides is 1. The smallest absolute Gasteiger partial charge is 0.224 e. The van der Waals surface area contributed by atoms with E-state index in [2.05, 4.69) is 15.5 Å². The molecule has 1 rings (SSSR count).